The van der Waals surface area contributed by atoms with Crippen molar-refractivity contribution in [2.24, 2.45) is 0 Å². The van der Waals surface area contributed by atoms with Gasteiger partial charge in [-0.15, -0.1) is 0 Å². The van der Waals surface area contributed by atoms with Crippen LogP contribution >= 0.6 is 0 Å². The topological polar surface area (TPSA) is 136 Å². The summed E-state index contributed by atoms with van der Waals surface area (Å²) in [5, 5.41) is 17.8. The molecule has 2 aromatic carbocycles. The number of piperazine rings is 1. The second-order valence-corrected chi connectivity index (χ2v) is 8.70. The van der Waals surface area contributed by atoms with E-state index in [-0.39, 0.29) is 5.97 Å². The number of esters is 1. The molecule has 3 aromatic rings. The molecule has 2 amide bonds. The van der Waals surface area contributed by atoms with E-state index in [1.807, 2.05) is 38.1 Å². The normalized spacial score (nSPS) is 13.3. The summed E-state index contributed by atoms with van der Waals surface area (Å²) in [6.45, 7) is 7.34. The van der Waals surface area contributed by atoms with E-state index in [0.29, 0.717) is 41.7 Å². The molecule has 196 valence electrons. The van der Waals surface area contributed by atoms with Crippen molar-refractivity contribution in [2.45, 2.75) is 13.8 Å². The van der Waals surface area contributed by atoms with Crippen molar-refractivity contribution in [1.82, 2.24) is 14.9 Å². The predicted molar refractivity (Wildman–Crippen MR) is 146 cm³/mol. The zero-order chi connectivity index (χ0) is 26.9. The number of nitriles is 1. The predicted octanol–water partition coefficient (Wildman–Crippen LogP) is 3.73. The van der Waals surface area contributed by atoms with Crippen LogP contribution in [0.25, 0.3) is 0 Å². The molecule has 3 N–H and O–H groups in total. The molecule has 4 rings (SSSR count). The number of aromatic nitrogens is 2. The Labute approximate surface area is 221 Å². The Bertz CT molecular complexity index is 1310. The van der Waals surface area contributed by atoms with E-state index in [1.165, 1.54) is 0 Å². The zero-order valence-electron chi connectivity index (χ0n) is 21.4. The Kier molecular flexibility index (Phi) is 8.69. The molecule has 11 heteroatoms. The summed E-state index contributed by atoms with van der Waals surface area (Å²) in [7, 11) is 0. The summed E-state index contributed by atoms with van der Waals surface area (Å²) in [4.78, 5) is 37.4. The molecule has 0 unspecified atom stereocenters. The number of nitrogens with zero attached hydrogens (tertiary/aromatic N) is 5. The third-order valence-corrected chi connectivity index (χ3v) is 5.84. The SMILES string of the molecule is CCOC(=O)CN1CCN(c2cc(Nc3ccc(NC(=O)Nc4cccc(C#N)c4)cc3)nc(C)n2)CC1. The molecule has 1 aromatic heterocycles. The highest BCUT2D eigenvalue weighted by molar-refractivity contribution is 5.99. The van der Waals surface area contributed by atoms with Crippen LogP contribution in [-0.4, -0.2) is 66.2 Å². The highest BCUT2D eigenvalue weighted by Crippen LogP contribution is 2.22. The lowest BCUT2D eigenvalue weighted by molar-refractivity contribution is -0.144. The van der Waals surface area contributed by atoms with Crippen LogP contribution in [0.2, 0.25) is 0 Å². The average molecular weight is 515 g/mol. The monoisotopic (exact) mass is 514 g/mol. The Morgan fingerprint density at radius 1 is 0.974 bits per heavy atom. The number of benzene rings is 2. The number of rotatable bonds is 8. The van der Waals surface area contributed by atoms with Crippen molar-refractivity contribution < 1.29 is 14.3 Å². The highest BCUT2D eigenvalue weighted by atomic mass is 16.5. The molecule has 0 radical (unpaired) electrons. The molecular weight excluding hydrogens is 484 g/mol. The molecule has 1 aliphatic rings. The number of anilines is 5. The third-order valence-electron chi connectivity index (χ3n) is 5.84. The van der Waals surface area contributed by atoms with Gasteiger partial charge in [-0.05, 0) is 56.3 Å². The summed E-state index contributed by atoms with van der Waals surface area (Å²) in [5.41, 5.74) is 2.43. The molecule has 0 bridgehead atoms. The molecule has 2 heterocycles. The number of nitrogens with one attached hydrogen (secondary N) is 3. The van der Waals surface area contributed by atoms with E-state index in [4.69, 9.17) is 10.00 Å². The number of urea groups is 1. The molecule has 1 aliphatic heterocycles. The largest absolute Gasteiger partial charge is 0.465 e. The van der Waals surface area contributed by atoms with Crippen molar-refractivity contribution in [3.63, 3.8) is 0 Å². The fourth-order valence-corrected chi connectivity index (χ4v) is 4.05. The van der Waals surface area contributed by atoms with Crippen molar-refractivity contribution in [3.05, 3.63) is 66.0 Å². The molecule has 1 saturated heterocycles. The van der Waals surface area contributed by atoms with E-state index in [1.54, 1.807) is 36.4 Å². The maximum atomic E-state index is 12.3. The van der Waals surface area contributed by atoms with Crippen molar-refractivity contribution in [2.75, 3.05) is 60.2 Å². The van der Waals surface area contributed by atoms with Gasteiger partial charge in [-0.25, -0.2) is 14.8 Å². The van der Waals surface area contributed by atoms with E-state index < -0.39 is 6.03 Å². The van der Waals surface area contributed by atoms with E-state index in [9.17, 15) is 9.59 Å². The molecule has 1 fully saturated rings. The number of carbonyl (C=O) groups excluding carboxylic acids is 2. The third kappa shape index (κ3) is 7.41. The lowest BCUT2D eigenvalue weighted by Crippen LogP contribution is -2.48. The van der Waals surface area contributed by atoms with Crippen LogP contribution in [0.15, 0.2) is 54.6 Å². The minimum Gasteiger partial charge on any atom is -0.465 e. The molecule has 0 saturated carbocycles. The maximum Gasteiger partial charge on any atom is 0.323 e. The maximum absolute atomic E-state index is 12.3. The van der Waals surface area contributed by atoms with Gasteiger partial charge in [0.25, 0.3) is 0 Å². The molecule has 0 atom stereocenters. The second kappa shape index (κ2) is 12.5. The first-order chi connectivity index (χ1) is 18.4. The first-order valence-corrected chi connectivity index (χ1v) is 12.4. The minimum absolute atomic E-state index is 0.197. The second-order valence-electron chi connectivity index (χ2n) is 8.70. The van der Waals surface area contributed by atoms with Crippen LogP contribution in [0.5, 0.6) is 0 Å². The first-order valence-electron chi connectivity index (χ1n) is 12.4. The lowest BCUT2D eigenvalue weighted by Gasteiger charge is -2.35. The zero-order valence-corrected chi connectivity index (χ0v) is 21.4. The van der Waals surface area contributed by atoms with Crippen LogP contribution in [0.4, 0.5) is 33.5 Å². The fraction of sp³-hybridized carbons (Fsp3) is 0.296. The smallest absolute Gasteiger partial charge is 0.323 e. The van der Waals surface area contributed by atoms with Crippen LogP contribution in [0, 0.1) is 18.3 Å². The van der Waals surface area contributed by atoms with Gasteiger partial charge in [-0.1, -0.05) is 6.07 Å². The lowest BCUT2D eigenvalue weighted by atomic mass is 10.2. The number of carbonyl (C=O) groups is 2. The van der Waals surface area contributed by atoms with Crippen molar-refractivity contribution >= 4 is 40.7 Å². The summed E-state index contributed by atoms with van der Waals surface area (Å²) in [6.07, 6.45) is 0. The Morgan fingerprint density at radius 2 is 1.68 bits per heavy atom. The van der Waals surface area contributed by atoms with E-state index >= 15 is 0 Å². The summed E-state index contributed by atoms with van der Waals surface area (Å²) >= 11 is 0. The molecule has 0 aliphatic carbocycles. The fourth-order valence-electron chi connectivity index (χ4n) is 4.05. The molecule has 0 spiro atoms. The van der Waals surface area contributed by atoms with Crippen LogP contribution in [0.3, 0.4) is 0 Å². The number of aryl methyl sites for hydroxylation is 1. The van der Waals surface area contributed by atoms with Crippen molar-refractivity contribution in [3.8, 4) is 6.07 Å². The Hall–Kier alpha value is -4.69. The van der Waals surface area contributed by atoms with Gasteiger partial charge in [-0.2, -0.15) is 5.26 Å². The summed E-state index contributed by atoms with van der Waals surface area (Å²) in [5.74, 6) is 1.94. The van der Waals surface area contributed by atoms with Gasteiger partial charge in [0.05, 0.1) is 24.8 Å². The van der Waals surface area contributed by atoms with Crippen LogP contribution in [0.1, 0.15) is 18.3 Å². The van der Waals surface area contributed by atoms with Gasteiger partial charge >= 0.3 is 12.0 Å². The summed E-state index contributed by atoms with van der Waals surface area (Å²) in [6, 6.07) is 17.5. The van der Waals surface area contributed by atoms with Gasteiger partial charge in [0.1, 0.15) is 17.5 Å². The Balaban J connectivity index is 1.32. The quantitative estimate of drug-likeness (QED) is 0.384. The number of amides is 2. The first kappa shape index (κ1) is 26.4. The van der Waals surface area contributed by atoms with Crippen LogP contribution in [-0.2, 0) is 9.53 Å². The van der Waals surface area contributed by atoms with Gasteiger partial charge < -0.3 is 25.6 Å². The molecule has 11 nitrogen and oxygen atoms in total. The van der Waals surface area contributed by atoms with Crippen molar-refractivity contribution in [1.29, 1.82) is 5.26 Å². The molecule has 38 heavy (non-hydrogen) atoms. The summed E-state index contributed by atoms with van der Waals surface area (Å²) < 4.78 is 5.05. The van der Waals surface area contributed by atoms with Gasteiger partial charge in [-0.3, -0.25) is 9.69 Å². The number of ether oxygens (including phenoxy) is 1. The average Bonchev–Trinajstić information content (AvgIpc) is 2.90. The Morgan fingerprint density at radius 3 is 2.39 bits per heavy atom. The van der Waals surface area contributed by atoms with E-state index in [0.717, 1.165) is 37.7 Å². The van der Waals surface area contributed by atoms with E-state index in [2.05, 4.69) is 35.7 Å². The highest BCUT2D eigenvalue weighted by Gasteiger charge is 2.21. The number of hydrogen-bond acceptors (Lipinski definition) is 9. The minimum atomic E-state index is -0.404. The van der Waals surface area contributed by atoms with Gasteiger partial charge in [0.2, 0.25) is 0 Å². The van der Waals surface area contributed by atoms with Crippen LogP contribution < -0.4 is 20.9 Å². The molecular formula is C27H30N8O3. The van der Waals surface area contributed by atoms with Gasteiger partial charge in [0, 0.05) is 49.3 Å². The van der Waals surface area contributed by atoms with Gasteiger partial charge in [0.15, 0.2) is 0 Å². The number of hydrogen-bond donors (Lipinski definition) is 3. The standard InChI is InChI=1S/C27H30N8O3/c1-3-38-26(36)18-34-11-13-35(14-12-34)25-16-24(29-19(2)30-25)31-21-7-9-22(10-8-21)32-27(37)33-23-6-4-5-20(15-23)17-28/h4-10,15-16H,3,11-14,18H2,1-2H3,(H,29,30,31)(H2,32,33,37).